The summed E-state index contributed by atoms with van der Waals surface area (Å²) in [5.41, 5.74) is 2.36. The van der Waals surface area contributed by atoms with E-state index in [0.717, 1.165) is 18.4 Å². The number of rotatable bonds is 10. The molecule has 2 aliphatic rings. The van der Waals surface area contributed by atoms with Gasteiger partial charge in [0.25, 0.3) is 11.9 Å². The van der Waals surface area contributed by atoms with Crippen LogP contribution < -0.4 is 10.1 Å². The lowest BCUT2D eigenvalue weighted by atomic mass is 9.87. The van der Waals surface area contributed by atoms with E-state index in [9.17, 15) is 27.1 Å². The van der Waals surface area contributed by atoms with Gasteiger partial charge in [0.2, 0.25) is 5.92 Å². The molecule has 0 spiro atoms. The molecule has 3 aromatic rings. The maximum atomic E-state index is 13.5. The van der Waals surface area contributed by atoms with Crippen molar-refractivity contribution in [2.45, 2.75) is 68.4 Å². The van der Waals surface area contributed by atoms with Crippen LogP contribution in [0.3, 0.4) is 0 Å². The highest BCUT2D eigenvalue weighted by atomic mass is 32.2. The Bertz CT molecular complexity index is 1440. The quantitative estimate of drug-likeness (QED) is 0.367. The van der Waals surface area contributed by atoms with Crippen LogP contribution in [0, 0.1) is 5.92 Å². The molecule has 2 aliphatic carbocycles. The van der Waals surface area contributed by atoms with Gasteiger partial charge in [-0.2, -0.15) is 4.98 Å². The van der Waals surface area contributed by atoms with Crippen molar-refractivity contribution in [3.63, 3.8) is 0 Å². The minimum absolute atomic E-state index is 0.0161. The summed E-state index contributed by atoms with van der Waals surface area (Å²) in [7, 11) is -3.35. The number of halogens is 2. The van der Waals surface area contributed by atoms with Gasteiger partial charge >= 0.3 is 0 Å². The van der Waals surface area contributed by atoms with E-state index < -0.39 is 27.7 Å². The molecule has 1 atom stereocenters. The number of sulfone groups is 1. The first-order chi connectivity index (χ1) is 18.6. The number of alkyl halides is 2. The number of aliphatic hydroxyl groups is 1. The van der Waals surface area contributed by atoms with Crippen LogP contribution >= 0.6 is 0 Å². The number of nitrogens with one attached hydrogen (secondary N) is 1. The Morgan fingerprint density at radius 3 is 2.46 bits per heavy atom. The van der Waals surface area contributed by atoms with E-state index in [0.29, 0.717) is 42.1 Å². The molecule has 1 heterocycles. The summed E-state index contributed by atoms with van der Waals surface area (Å²) in [4.78, 5) is 17.9. The number of ether oxygens (including phenoxy) is 1. The topological polar surface area (TPSA) is 111 Å². The average molecular weight is 562 g/mol. The predicted octanol–water partition coefficient (Wildman–Crippen LogP) is 4.83. The number of aromatic nitrogens is 2. The largest absolute Gasteiger partial charge is 0.464 e. The summed E-state index contributed by atoms with van der Waals surface area (Å²) in [6, 6.07) is 11.3. The Balaban J connectivity index is 1.30. The van der Waals surface area contributed by atoms with E-state index >= 15 is 0 Å². The highest BCUT2D eigenvalue weighted by molar-refractivity contribution is 7.91. The summed E-state index contributed by atoms with van der Waals surface area (Å²) in [5, 5.41) is 12.7. The summed E-state index contributed by atoms with van der Waals surface area (Å²) in [5.74, 6) is -2.95. The van der Waals surface area contributed by atoms with E-state index in [4.69, 9.17) is 4.74 Å². The second-order valence-electron chi connectivity index (χ2n) is 10.5. The molecule has 2 saturated carbocycles. The van der Waals surface area contributed by atoms with Crippen LogP contribution in [-0.4, -0.2) is 53.9 Å². The minimum Gasteiger partial charge on any atom is -0.464 e. The van der Waals surface area contributed by atoms with Gasteiger partial charge in [0, 0.05) is 24.4 Å². The third-order valence-electron chi connectivity index (χ3n) is 7.63. The number of carbonyl (C=O) groups excluding carboxylic acids is 1. The van der Waals surface area contributed by atoms with Gasteiger partial charge in [-0.25, -0.2) is 17.2 Å². The molecule has 39 heavy (non-hydrogen) atoms. The van der Waals surface area contributed by atoms with Gasteiger partial charge in [0.15, 0.2) is 9.84 Å². The van der Waals surface area contributed by atoms with Crippen LogP contribution in [-0.2, 0) is 9.84 Å². The van der Waals surface area contributed by atoms with Gasteiger partial charge in [-0.1, -0.05) is 19.1 Å². The fourth-order valence-electron chi connectivity index (χ4n) is 5.01. The van der Waals surface area contributed by atoms with Crippen LogP contribution in [0.2, 0.25) is 0 Å². The van der Waals surface area contributed by atoms with E-state index in [1.807, 2.05) is 10.6 Å². The van der Waals surface area contributed by atoms with E-state index in [1.165, 1.54) is 12.1 Å². The fraction of sp³-hybridized carbons (Fsp3) is 0.500. The summed E-state index contributed by atoms with van der Waals surface area (Å²) < 4.78 is 59.2. The van der Waals surface area contributed by atoms with Gasteiger partial charge in [0.05, 0.1) is 40.9 Å². The smallest absolute Gasteiger partial charge is 0.297 e. The number of nitrogens with zero attached hydrogens (tertiary/aromatic N) is 2. The Labute approximate surface area is 226 Å². The fourth-order valence-corrected chi connectivity index (χ4v) is 5.90. The van der Waals surface area contributed by atoms with Crippen molar-refractivity contribution in [1.82, 2.24) is 14.9 Å². The minimum atomic E-state index is -3.35. The molecule has 210 valence electrons. The van der Waals surface area contributed by atoms with Gasteiger partial charge in [-0.3, -0.25) is 9.36 Å². The molecule has 0 saturated heterocycles. The molecule has 0 bridgehead atoms. The summed E-state index contributed by atoms with van der Waals surface area (Å²) >= 11 is 0. The van der Waals surface area contributed by atoms with E-state index in [2.05, 4.69) is 10.3 Å². The normalized spacial score (nSPS) is 18.7. The molecule has 8 nitrogen and oxygen atoms in total. The molecule has 2 fully saturated rings. The maximum Gasteiger partial charge on any atom is 0.297 e. The first kappa shape index (κ1) is 27.5. The number of hydrogen-bond acceptors (Lipinski definition) is 6. The Morgan fingerprint density at radius 1 is 1.15 bits per heavy atom. The molecule has 5 rings (SSSR count). The van der Waals surface area contributed by atoms with Gasteiger partial charge in [0.1, 0.15) is 0 Å². The lowest BCUT2D eigenvalue weighted by Crippen LogP contribution is -2.30. The van der Waals surface area contributed by atoms with Crippen LogP contribution in [0.4, 0.5) is 8.78 Å². The summed E-state index contributed by atoms with van der Waals surface area (Å²) in [6.45, 7) is 1.53. The molecule has 0 aliphatic heterocycles. The van der Waals surface area contributed by atoms with Gasteiger partial charge in [-0.15, -0.1) is 0 Å². The number of imidazole rings is 1. The van der Waals surface area contributed by atoms with Gasteiger partial charge in [-0.05, 0) is 67.5 Å². The second kappa shape index (κ2) is 10.8. The number of fused-ring (bicyclic) bond motifs is 1. The molecular weight excluding hydrogens is 528 g/mol. The molecule has 1 aromatic heterocycles. The van der Waals surface area contributed by atoms with Crippen molar-refractivity contribution < 1.29 is 31.8 Å². The zero-order chi connectivity index (χ0) is 27.8. The first-order valence-corrected chi connectivity index (χ1v) is 15.0. The van der Waals surface area contributed by atoms with Gasteiger partial charge < -0.3 is 15.2 Å². The first-order valence-electron chi connectivity index (χ1n) is 13.4. The Morgan fingerprint density at radius 2 is 1.85 bits per heavy atom. The highest BCUT2D eigenvalue weighted by Gasteiger charge is 2.36. The molecule has 1 amide bonds. The van der Waals surface area contributed by atoms with Crippen LogP contribution in [0.5, 0.6) is 6.01 Å². The molecule has 0 radical (unpaired) electrons. The lowest BCUT2D eigenvalue weighted by molar-refractivity contribution is -0.0502. The molecular formula is C28H33F2N3O5S. The molecule has 2 N–H and O–H groups in total. The monoisotopic (exact) mass is 561 g/mol. The zero-order valence-electron chi connectivity index (χ0n) is 21.8. The number of amides is 1. The van der Waals surface area contributed by atoms with Crippen molar-refractivity contribution in [2.24, 2.45) is 5.92 Å². The second-order valence-corrected chi connectivity index (χ2v) is 12.8. The third-order valence-corrected chi connectivity index (χ3v) is 9.38. The van der Waals surface area contributed by atoms with Crippen molar-refractivity contribution >= 4 is 26.8 Å². The Hall–Kier alpha value is -3.05. The van der Waals surface area contributed by atoms with Crippen molar-refractivity contribution in [2.75, 3.05) is 19.0 Å². The maximum absolute atomic E-state index is 13.5. The standard InChI is InChI=1S/C28H33F2N3O5S/c1-2-39(36,37)22-8-3-19(4-9-22)24(16-34)31-26(35)20-5-10-25-23(15-20)32-27(33(25)21-6-7-21)38-17-18-11-13-28(29,30)14-12-18/h3-5,8-10,15,18,21,24,34H,2,6-7,11-14,16-17H2,1H3,(H,31,35)/t24-/m0/s1. The molecule has 11 heteroatoms. The summed E-state index contributed by atoms with van der Waals surface area (Å²) in [6.07, 6.45) is 2.60. The highest BCUT2D eigenvalue weighted by Crippen LogP contribution is 2.42. The van der Waals surface area contributed by atoms with Crippen LogP contribution in [0.25, 0.3) is 11.0 Å². The van der Waals surface area contributed by atoms with Crippen molar-refractivity contribution in [1.29, 1.82) is 0 Å². The third kappa shape index (κ3) is 6.09. The SMILES string of the molecule is CCS(=O)(=O)c1ccc([C@H](CO)NC(=O)c2ccc3c(c2)nc(OCC2CCC(F)(F)CC2)n3C2CC2)cc1. The lowest BCUT2D eigenvalue weighted by Gasteiger charge is -2.27. The van der Waals surface area contributed by atoms with Crippen LogP contribution in [0.1, 0.15) is 73.5 Å². The zero-order valence-corrected chi connectivity index (χ0v) is 22.6. The van der Waals surface area contributed by atoms with Crippen molar-refractivity contribution in [3.8, 4) is 6.01 Å². The number of carbonyl (C=O) groups is 1. The van der Waals surface area contributed by atoms with Crippen LogP contribution in [0.15, 0.2) is 47.4 Å². The van der Waals surface area contributed by atoms with E-state index in [-0.39, 0.29) is 42.1 Å². The number of benzene rings is 2. The predicted molar refractivity (Wildman–Crippen MR) is 142 cm³/mol. The Kier molecular flexibility index (Phi) is 7.65. The molecule has 2 aromatic carbocycles. The van der Waals surface area contributed by atoms with E-state index in [1.54, 1.807) is 31.2 Å². The average Bonchev–Trinajstić information content (AvgIpc) is 3.70. The molecule has 0 unspecified atom stereocenters. The number of hydrogen-bond donors (Lipinski definition) is 2. The number of aliphatic hydroxyl groups excluding tert-OH is 1. The van der Waals surface area contributed by atoms with Crippen molar-refractivity contribution in [3.05, 3.63) is 53.6 Å².